The number of hydrogen-bond acceptors (Lipinski definition) is 2. The van der Waals surface area contributed by atoms with E-state index in [2.05, 4.69) is 17.0 Å². The molecule has 0 bridgehead atoms. The van der Waals surface area contributed by atoms with E-state index in [1.807, 2.05) is 6.07 Å². The van der Waals surface area contributed by atoms with Crippen molar-refractivity contribution in [2.45, 2.75) is 0 Å². The summed E-state index contributed by atoms with van der Waals surface area (Å²) in [5.41, 5.74) is 0. The summed E-state index contributed by atoms with van der Waals surface area (Å²) in [6.45, 7) is 4.23. The van der Waals surface area contributed by atoms with Gasteiger partial charge in [0.25, 0.3) is 0 Å². The summed E-state index contributed by atoms with van der Waals surface area (Å²) in [6, 6.07) is 1.82. The third-order valence-electron chi connectivity index (χ3n) is 1.11. The van der Waals surface area contributed by atoms with Crippen LogP contribution >= 0.6 is 12.2 Å². The van der Waals surface area contributed by atoms with Crippen LogP contribution in [0, 0.1) is 0 Å². The van der Waals surface area contributed by atoms with Crippen molar-refractivity contribution in [3.63, 3.8) is 0 Å². The summed E-state index contributed by atoms with van der Waals surface area (Å²) in [5.74, 6) is 0. The summed E-state index contributed by atoms with van der Waals surface area (Å²) in [5, 5.41) is 7.49. The molecule has 0 unspecified atom stereocenters. The predicted octanol–water partition coefficient (Wildman–Crippen LogP) is 0.792. The second kappa shape index (κ2) is 3.88. The summed E-state index contributed by atoms with van der Waals surface area (Å²) >= 11 is 4.98. The minimum absolute atomic E-state index is 0.593. The maximum atomic E-state index is 4.98. The average molecular weight is 167 g/mol. The lowest BCUT2D eigenvalue weighted by atomic mass is 10.6. The number of nitrogens with one attached hydrogen (secondary N) is 1. The van der Waals surface area contributed by atoms with Gasteiger partial charge in [-0.05, 0) is 18.3 Å². The smallest absolute Gasteiger partial charge is 0.194 e. The average Bonchev–Trinajstić information content (AvgIpc) is 2.52. The van der Waals surface area contributed by atoms with Gasteiger partial charge in [-0.2, -0.15) is 5.10 Å². The van der Waals surface area contributed by atoms with Crippen LogP contribution in [0.15, 0.2) is 31.1 Å². The number of nitrogens with zero attached hydrogens (tertiary/aromatic N) is 2. The molecule has 1 aromatic rings. The van der Waals surface area contributed by atoms with E-state index in [9.17, 15) is 0 Å². The van der Waals surface area contributed by atoms with Crippen molar-refractivity contribution < 1.29 is 0 Å². The molecule has 0 saturated heterocycles. The standard InChI is InChI=1S/C7H9N3S/c1-2-4-8-7(11)10-6-3-5-9-10/h2-3,5-6H,1,4H2,(H,8,11). The number of thiocarbonyl (C=S) groups is 1. The zero-order valence-electron chi connectivity index (χ0n) is 6.03. The lowest BCUT2D eigenvalue weighted by molar-refractivity contribution is 0.882. The largest absolute Gasteiger partial charge is 0.357 e. The topological polar surface area (TPSA) is 29.9 Å². The minimum Gasteiger partial charge on any atom is -0.357 e. The first-order valence-corrected chi connectivity index (χ1v) is 3.64. The van der Waals surface area contributed by atoms with E-state index < -0.39 is 0 Å². The van der Waals surface area contributed by atoms with Gasteiger partial charge in [-0.25, -0.2) is 4.68 Å². The van der Waals surface area contributed by atoms with Gasteiger partial charge in [0.2, 0.25) is 0 Å². The Hall–Kier alpha value is -1.16. The Morgan fingerprint density at radius 3 is 3.18 bits per heavy atom. The molecular weight excluding hydrogens is 158 g/mol. The highest BCUT2D eigenvalue weighted by molar-refractivity contribution is 7.80. The predicted molar refractivity (Wildman–Crippen MR) is 48.4 cm³/mol. The zero-order chi connectivity index (χ0) is 8.10. The van der Waals surface area contributed by atoms with Crippen LogP contribution in [-0.4, -0.2) is 21.4 Å². The molecule has 0 atom stereocenters. The van der Waals surface area contributed by atoms with Gasteiger partial charge in [0.15, 0.2) is 5.11 Å². The van der Waals surface area contributed by atoms with Gasteiger partial charge in [0, 0.05) is 18.9 Å². The molecule has 58 valence electrons. The molecule has 0 saturated carbocycles. The minimum atomic E-state index is 0.593. The molecule has 1 N–H and O–H groups in total. The van der Waals surface area contributed by atoms with E-state index in [0.717, 1.165) is 0 Å². The molecule has 0 aliphatic heterocycles. The van der Waals surface area contributed by atoms with E-state index in [-0.39, 0.29) is 0 Å². The normalized spacial score (nSPS) is 9.09. The fourth-order valence-electron chi connectivity index (χ4n) is 0.629. The molecule has 0 aliphatic carbocycles. The van der Waals surface area contributed by atoms with Crippen LogP contribution in [0.25, 0.3) is 0 Å². The summed E-state index contributed by atoms with van der Waals surface area (Å²) in [4.78, 5) is 0. The second-order valence-electron chi connectivity index (χ2n) is 1.93. The van der Waals surface area contributed by atoms with Gasteiger partial charge >= 0.3 is 0 Å². The Bertz CT molecular complexity index is 240. The zero-order valence-corrected chi connectivity index (χ0v) is 6.84. The number of aromatic nitrogens is 2. The first-order chi connectivity index (χ1) is 5.34. The lowest BCUT2D eigenvalue weighted by Crippen LogP contribution is -2.28. The second-order valence-corrected chi connectivity index (χ2v) is 2.31. The van der Waals surface area contributed by atoms with E-state index in [1.54, 1.807) is 23.2 Å². The van der Waals surface area contributed by atoms with Crippen molar-refractivity contribution in [3.05, 3.63) is 31.1 Å². The van der Waals surface area contributed by atoms with Crippen molar-refractivity contribution in [2.24, 2.45) is 0 Å². The van der Waals surface area contributed by atoms with Crippen LogP contribution in [0.3, 0.4) is 0 Å². The lowest BCUT2D eigenvalue weighted by Gasteiger charge is -2.03. The number of rotatable bonds is 2. The monoisotopic (exact) mass is 167 g/mol. The quantitative estimate of drug-likeness (QED) is 0.522. The molecule has 0 amide bonds. The Morgan fingerprint density at radius 2 is 2.64 bits per heavy atom. The van der Waals surface area contributed by atoms with Crippen molar-refractivity contribution in [3.8, 4) is 0 Å². The molecule has 1 aromatic heterocycles. The Morgan fingerprint density at radius 1 is 1.82 bits per heavy atom. The fourth-order valence-corrected chi connectivity index (χ4v) is 0.821. The third-order valence-corrected chi connectivity index (χ3v) is 1.44. The highest BCUT2D eigenvalue weighted by Gasteiger charge is 1.94. The molecule has 1 rings (SSSR count). The van der Waals surface area contributed by atoms with Crippen LogP contribution < -0.4 is 5.32 Å². The van der Waals surface area contributed by atoms with E-state index in [0.29, 0.717) is 11.7 Å². The van der Waals surface area contributed by atoms with E-state index >= 15 is 0 Å². The number of hydrogen-bond donors (Lipinski definition) is 1. The van der Waals surface area contributed by atoms with E-state index in [4.69, 9.17) is 12.2 Å². The van der Waals surface area contributed by atoms with Gasteiger partial charge in [0.1, 0.15) is 0 Å². The van der Waals surface area contributed by atoms with Crippen LogP contribution in [0.4, 0.5) is 0 Å². The van der Waals surface area contributed by atoms with Crippen LogP contribution in [0.1, 0.15) is 0 Å². The van der Waals surface area contributed by atoms with Crippen LogP contribution in [0.2, 0.25) is 0 Å². The highest BCUT2D eigenvalue weighted by atomic mass is 32.1. The maximum absolute atomic E-state index is 4.98. The van der Waals surface area contributed by atoms with E-state index in [1.165, 1.54) is 0 Å². The molecule has 0 radical (unpaired) electrons. The molecule has 0 fully saturated rings. The Labute approximate surface area is 70.7 Å². The van der Waals surface area contributed by atoms with Gasteiger partial charge in [0.05, 0.1) is 0 Å². The van der Waals surface area contributed by atoms with Crippen molar-refractivity contribution >= 4 is 17.3 Å². The molecule has 3 nitrogen and oxygen atoms in total. The third kappa shape index (κ3) is 2.16. The SMILES string of the molecule is C=CCNC(=S)n1cccn1. The van der Waals surface area contributed by atoms with Crippen molar-refractivity contribution in [1.29, 1.82) is 0 Å². The molecule has 0 aliphatic rings. The molecule has 0 aromatic carbocycles. The Balaban J connectivity index is 2.49. The van der Waals surface area contributed by atoms with Crippen molar-refractivity contribution in [1.82, 2.24) is 15.1 Å². The van der Waals surface area contributed by atoms with Gasteiger partial charge in [-0.3, -0.25) is 0 Å². The summed E-state index contributed by atoms with van der Waals surface area (Å²) in [7, 11) is 0. The maximum Gasteiger partial charge on any atom is 0.194 e. The van der Waals surface area contributed by atoms with Gasteiger partial charge in [-0.1, -0.05) is 6.08 Å². The first-order valence-electron chi connectivity index (χ1n) is 3.23. The van der Waals surface area contributed by atoms with Crippen LogP contribution in [-0.2, 0) is 0 Å². The fraction of sp³-hybridized carbons (Fsp3) is 0.143. The molecular formula is C7H9N3S. The molecule has 0 spiro atoms. The summed E-state index contributed by atoms with van der Waals surface area (Å²) in [6.07, 6.45) is 5.22. The summed E-state index contributed by atoms with van der Waals surface area (Å²) < 4.78 is 1.60. The van der Waals surface area contributed by atoms with Crippen LogP contribution in [0.5, 0.6) is 0 Å². The Kier molecular flexibility index (Phi) is 2.80. The molecule has 1 heterocycles. The molecule has 11 heavy (non-hydrogen) atoms. The molecule has 4 heteroatoms. The van der Waals surface area contributed by atoms with Crippen molar-refractivity contribution in [2.75, 3.05) is 6.54 Å². The van der Waals surface area contributed by atoms with Gasteiger partial charge < -0.3 is 5.32 Å². The highest BCUT2D eigenvalue weighted by Crippen LogP contribution is 1.83. The first kappa shape index (κ1) is 7.94. The van der Waals surface area contributed by atoms with Gasteiger partial charge in [-0.15, -0.1) is 6.58 Å².